The van der Waals surface area contributed by atoms with Gasteiger partial charge in [0.05, 0.1) is 6.04 Å². The van der Waals surface area contributed by atoms with E-state index >= 15 is 0 Å². The quantitative estimate of drug-likeness (QED) is 0.770. The maximum Gasteiger partial charge on any atom is 0.282 e. The van der Waals surface area contributed by atoms with Gasteiger partial charge in [0.1, 0.15) is 23.7 Å². The highest BCUT2D eigenvalue weighted by molar-refractivity contribution is 6.31. The number of aryl methyl sites for hydroxylation is 1. The third-order valence-electron chi connectivity index (χ3n) is 5.46. The first-order chi connectivity index (χ1) is 14.0. The molecular weight excluding hydrogens is 404 g/mol. The standard InChI is InChI=1S/C19H22ClF2N5O2/c1-26-18(19(21)22)14(24-25-26)10-29-15-5-4-12(20)11-6-7-23-13(17(11)15)9-27-8-2-3-16(27)28/h4-5,13,19,23H,2-3,6-10H2,1H3/t13-/m1/s1. The fraction of sp³-hybridized carbons (Fsp3) is 0.526. The lowest BCUT2D eigenvalue weighted by Crippen LogP contribution is -2.39. The Balaban J connectivity index is 1.60. The van der Waals surface area contributed by atoms with E-state index in [-0.39, 0.29) is 29.9 Å². The Hall–Kier alpha value is -2.26. The SMILES string of the molecule is Cn1nnc(COc2ccc(Cl)c3c2[C@@H](CN2CCCC2=O)NCC3)c1C(F)F. The number of alkyl halides is 2. The minimum Gasteiger partial charge on any atom is -0.487 e. The molecule has 10 heteroatoms. The van der Waals surface area contributed by atoms with E-state index in [2.05, 4.69) is 15.6 Å². The number of likely N-dealkylation sites (tertiary alicyclic amines) is 1. The predicted octanol–water partition coefficient (Wildman–Crippen LogP) is 2.79. The van der Waals surface area contributed by atoms with Crippen molar-refractivity contribution < 1.29 is 18.3 Å². The summed E-state index contributed by atoms with van der Waals surface area (Å²) in [6.45, 7) is 1.87. The Labute approximate surface area is 172 Å². The summed E-state index contributed by atoms with van der Waals surface area (Å²) < 4.78 is 33.5. The van der Waals surface area contributed by atoms with Crippen molar-refractivity contribution in [1.29, 1.82) is 0 Å². The lowest BCUT2D eigenvalue weighted by atomic mass is 9.92. The van der Waals surface area contributed by atoms with Gasteiger partial charge in [-0.25, -0.2) is 13.5 Å². The lowest BCUT2D eigenvalue weighted by molar-refractivity contribution is -0.128. The van der Waals surface area contributed by atoms with Crippen LogP contribution in [-0.4, -0.2) is 45.4 Å². The van der Waals surface area contributed by atoms with Crippen LogP contribution in [0.3, 0.4) is 0 Å². The number of ether oxygens (including phenoxy) is 1. The number of hydrogen-bond donors (Lipinski definition) is 1. The highest BCUT2D eigenvalue weighted by Crippen LogP contribution is 2.37. The molecule has 0 aliphatic carbocycles. The molecule has 1 atom stereocenters. The summed E-state index contributed by atoms with van der Waals surface area (Å²) >= 11 is 6.42. The first-order valence-electron chi connectivity index (χ1n) is 9.57. The average Bonchev–Trinajstić information content (AvgIpc) is 3.27. The molecule has 1 aromatic carbocycles. The summed E-state index contributed by atoms with van der Waals surface area (Å²) in [6.07, 6.45) is -0.533. The largest absolute Gasteiger partial charge is 0.487 e. The molecule has 1 amide bonds. The zero-order chi connectivity index (χ0) is 20.5. The summed E-state index contributed by atoms with van der Waals surface area (Å²) in [6, 6.07) is 3.36. The van der Waals surface area contributed by atoms with Gasteiger partial charge in [0.15, 0.2) is 0 Å². The van der Waals surface area contributed by atoms with Crippen molar-refractivity contribution in [2.24, 2.45) is 7.05 Å². The molecule has 2 aromatic rings. The fourth-order valence-electron chi connectivity index (χ4n) is 4.05. The summed E-state index contributed by atoms with van der Waals surface area (Å²) in [5.74, 6) is 0.698. The Morgan fingerprint density at radius 2 is 2.21 bits per heavy atom. The van der Waals surface area contributed by atoms with Crippen molar-refractivity contribution in [2.45, 2.75) is 38.3 Å². The zero-order valence-corrected chi connectivity index (χ0v) is 16.8. The number of carbonyl (C=O) groups is 1. The smallest absolute Gasteiger partial charge is 0.282 e. The number of fused-ring (bicyclic) bond motifs is 1. The van der Waals surface area contributed by atoms with Crippen LogP contribution in [0.2, 0.25) is 5.02 Å². The van der Waals surface area contributed by atoms with Gasteiger partial charge in [-0.2, -0.15) is 0 Å². The van der Waals surface area contributed by atoms with Gasteiger partial charge in [-0.05, 0) is 37.1 Å². The van der Waals surface area contributed by atoms with Gasteiger partial charge in [-0.15, -0.1) is 5.10 Å². The van der Waals surface area contributed by atoms with Crippen LogP contribution in [-0.2, 0) is 24.9 Å². The number of nitrogens with zero attached hydrogens (tertiary/aromatic N) is 4. The summed E-state index contributed by atoms with van der Waals surface area (Å²) in [7, 11) is 1.43. The molecule has 0 spiro atoms. The normalized spacial score (nSPS) is 19.1. The fourth-order valence-corrected chi connectivity index (χ4v) is 4.31. The zero-order valence-electron chi connectivity index (χ0n) is 16.0. The number of rotatable bonds is 6. The van der Waals surface area contributed by atoms with Gasteiger partial charge < -0.3 is 15.0 Å². The second-order valence-corrected chi connectivity index (χ2v) is 7.68. The van der Waals surface area contributed by atoms with Crippen LogP contribution in [0.4, 0.5) is 8.78 Å². The van der Waals surface area contributed by atoms with Gasteiger partial charge in [0.2, 0.25) is 5.91 Å². The van der Waals surface area contributed by atoms with E-state index in [4.69, 9.17) is 16.3 Å². The minimum atomic E-state index is -2.69. The molecule has 1 N–H and O–H groups in total. The number of aromatic nitrogens is 3. The molecule has 0 saturated carbocycles. The van der Waals surface area contributed by atoms with Crippen molar-refractivity contribution in [3.8, 4) is 5.75 Å². The van der Waals surface area contributed by atoms with Crippen LogP contribution in [0.15, 0.2) is 12.1 Å². The van der Waals surface area contributed by atoms with Crippen LogP contribution in [0.25, 0.3) is 0 Å². The average molecular weight is 426 g/mol. The maximum absolute atomic E-state index is 13.3. The van der Waals surface area contributed by atoms with Crippen LogP contribution in [0.5, 0.6) is 5.75 Å². The molecular formula is C19H22ClF2N5O2. The van der Waals surface area contributed by atoms with E-state index < -0.39 is 6.43 Å². The van der Waals surface area contributed by atoms with Crippen molar-refractivity contribution in [3.63, 3.8) is 0 Å². The van der Waals surface area contributed by atoms with Crippen molar-refractivity contribution in [3.05, 3.63) is 39.7 Å². The monoisotopic (exact) mass is 425 g/mol. The Bertz CT molecular complexity index is 920. The van der Waals surface area contributed by atoms with Crippen LogP contribution in [0, 0.1) is 0 Å². The van der Waals surface area contributed by atoms with Gasteiger partial charge in [0, 0.05) is 37.1 Å². The maximum atomic E-state index is 13.3. The van der Waals surface area contributed by atoms with E-state index in [0.717, 1.165) is 41.7 Å². The molecule has 7 nitrogen and oxygen atoms in total. The lowest BCUT2D eigenvalue weighted by Gasteiger charge is -2.32. The molecule has 3 heterocycles. The van der Waals surface area contributed by atoms with Crippen molar-refractivity contribution >= 4 is 17.5 Å². The minimum absolute atomic E-state index is 0.0984. The van der Waals surface area contributed by atoms with Crippen LogP contribution >= 0.6 is 11.6 Å². The van der Waals surface area contributed by atoms with Crippen molar-refractivity contribution in [1.82, 2.24) is 25.2 Å². The van der Waals surface area contributed by atoms with Crippen LogP contribution < -0.4 is 10.1 Å². The first-order valence-corrected chi connectivity index (χ1v) is 9.95. The van der Waals surface area contributed by atoms with Gasteiger partial charge in [0.25, 0.3) is 6.43 Å². The van der Waals surface area contributed by atoms with Gasteiger partial charge >= 0.3 is 0 Å². The number of benzene rings is 1. The molecule has 156 valence electrons. The van der Waals surface area contributed by atoms with E-state index in [1.165, 1.54) is 7.05 Å². The number of amides is 1. The van der Waals surface area contributed by atoms with E-state index in [1.807, 2.05) is 4.90 Å². The van der Waals surface area contributed by atoms with E-state index in [0.29, 0.717) is 23.7 Å². The van der Waals surface area contributed by atoms with E-state index in [1.54, 1.807) is 12.1 Å². The third-order valence-corrected chi connectivity index (χ3v) is 5.82. The van der Waals surface area contributed by atoms with Crippen molar-refractivity contribution in [2.75, 3.05) is 19.6 Å². The molecule has 1 saturated heterocycles. The Morgan fingerprint density at radius 1 is 1.38 bits per heavy atom. The van der Waals surface area contributed by atoms with Gasteiger partial charge in [-0.1, -0.05) is 16.8 Å². The number of halogens is 3. The summed E-state index contributed by atoms with van der Waals surface area (Å²) in [5, 5.41) is 11.6. The molecule has 0 radical (unpaired) electrons. The molecule has 4 rings (SSSR count). The molecule has 1 aromatic heterocycles. The highest BCUT2D eigenvalue weighted by Gasteiger charge is 2.31. The van der Waals surface area contributed by atoms with Crippen LogP contribution in [0.1, 0.15) is 47.8 Å². The van der Waals surface area contributed by atoms with Gasteiger partial charge in [-0.3, -0.25) is 4.79 Å². The summed E-state index contributed by atoms with van der Waals surface area (Å²) in [5.41, 5.74) is 1.69. The third kappa shape index (κ3) is 3.93. The molecule has 29 heavy (non-hydrogen) atoms. The second-order valence-electron chi connectivity index (χ2n) is 7.27. The number of hydrogen-bond acceptors (Lipinski definition) is 5. The Kier molecular flexibility index (Phi) is 5.69. The molecule has 2 aliphatic rings. The topological polar surface area (TPSA) is 72.3 Å². The molecule has 0 unspecified atom stereocenters. The highest BCUT2D eigenvalue weighted by atomic mass is 35.5. The summed E-state index contributed by atoms with van der Waals surface area (Å²) in [4.78, 5) is 13.9. The Morgan fingerprint density at radius 3 is 2.93 bits per heavy atom. The molecule has 1 fully saturated rings. The number of nitrogens with one attached hydrogen (secondary N) is 1. The molecule has 0 bridgehead atoms. The molecule has 2 aliphatic heterocycles. The number of carbonyl (C=O) groups excluding carboxylic acids is 1. The first kappa shape index (κ1) is 20.0. The predicted molar refractivity (Wildman–Crippen MR) is 102 cm³/mol. The van der Waals surface area contributed by atoms with E-state index in [9.17, 15) is 13.6 Å². The second kappa shape index (κ2) is 8.23.